The lowest BCUT2D eigenvalue weighted by Gasteiger charge is -2.32. The Morgan fingerprint density at radius 2 is 1.64 bits per heavy atom. The van der Waals surface area contributed by atoms with Crippen molar-refractivity contribution < 1.29 is 23.0 Å². The zero-order valence-corrected chi connectivity index (χ0v) is 17.8. The molecule has 1 saturated heterocycles. The Hall–Kier alpha value is -2.10. The predicted molar refractivity (Wildman–Crippen MR) is 110 cm³/mol. The molecule has 3 rings (SSSR count). The van der Waals surface area contributed by atoms with Crippen molar-refractivity contribution in [2.75, 3.05) is 18.9 Å². The van der Waals surface area contributed by atoms with Gasteiger partial charge in [0.2, 0.25) is 5.88 Å². The van der Waals surface area contributed by atoms with Gasteiger partial charge in [-0.25, -0.2) is 9.19 Å². The summed E-state index contributed by atoms with van der Waals surface area (Å²) in [6.45, 7) is 7.95. The topological polar surface area (TPSA) is 78.9 Å². The van der Waals surface area contributed by atoms with Crippen LogP contribution >= 0.6 is 0 Å². The second kappa shape index (κ2) is 7.73. The van der Waals surface area contributed by atoms with Crippen LogP contribution in [0.2, 0.25) is 0 Å². The summed E-state index contributed by atoms with van der Waals surface area (Å²) in [7, 11) is 1.02. The van der Waals surface area contributed by atoms with E-state index < -0.39 is 29.3 Å². The summed E-state index contributed by atoms with van der Waals surface area (Å²) in [5, 5.41) is 0. The van der Waals surface area contributed by atoms with Crippen LogP contribution in [0.4, 0.5) is 5.69 Å². The minimum Gasteiger partial charge on any atom is -0.497 e. The van der Waals surface area contributed by atoms with Gasteiger partial charge in [0.1, 0.15) is 22.4 Å². The first-order valence-electron chi connectivity index (χ1n) is 8.89. The minimum absolute atomic E-state index is 0.335. The molecular weight excluding hydrogens is 379 g/mol. The second-order valence-corrected chi connectivity index (χ2v) is 8.67. The molecule has 7 nitrogen and oxygen atoms in total. The lowest BCUT2D eigenvalue weighted by atomic mass is 9.80. The van der Waals surface area contributed by atoms with Crippen LogP contribution < -0.4 is 19.7 Å². The molecule has 1 unspecified atom stereocenters. The number of nitrogens with zero attached hydrogens (tertiary/aromatic N) is 1. The number of aromatic nitrogens is 1. The van der Waals surface area contributed by atoms with Crippen molar-refractivity contribution in [2.24, 2.45) is 0 Å². The largest absolute Gasteiger partial charge is 0.497 e. The number of rotatable bonds is 6. The van der Waals surface area contributed by atoms with Crippen molar-refractivity contribution in [1.82, 2.24) is 4.98 Å². The Labute approximate surface area is 168 Å². The Bertz CT molecular complexity index is 857. The van der Waals surface area contributed by atoms with Gasteiger partial charge in [-0.15, -0.1) is 0 Å². The molecule has 1 aromatic carbocycles. The number of methoxy groups -OCH3 is 2. The van der Waals surface area contributed by atoms with Gasteiger partial charge < -0.3 is 18.8 Å². The van der Waals surface area contributed by atoms with E-state index in [2.05, 4.69) is 9.71 Å². The summed E-state index contributed by atoms with van der Waals surface area (Å²) in [5.41, 5.74) is 0.284. The van der Waals surface area contributed by atoms with Crippen molar-refractivity contribution in [3.63, 3.8) is 0 Å². The molecule has 0 bridgehead atoms. The Kier molecular flexibility index (Phi) is 5.70. The fourth-order valence-corrected chi connectivity index (χ4v) is 3.52. The first-order valence-corrected chi connectivity index (χ1v) is 10.0. The maximum atomic E-state index is 12.7. The number of pyridine rings is 1. The number of hydrogen-bond acceptors (Lipinski definition) is 6. The Balaban J connectivity index is 1.84. The molecule has 1 fully saturated rings. The second-order valence-electron chi connectivity index (χ2n) is 7.46. The van der Waals surface area contributed by atoms with Gasteiger partial charge in [-0.2, -0.15) is 0 Å². The van der Waals surface area contributed by atoms with Gasteiger partial charge in [0.05, 0.1) is 30.3 Å². The SMILES string of the molecule is COc1ccc(S(=O)Nc2cc(B3OC(C)(C)C(C)(C)O3)cnc2OC)cc1. The molecule has 0 aliphatic carbocycles. The van der Waals surface area contributed by atoms with Crippen molar-refractivity contribution in [1.29, 1.82) is 0 Å². The summed E-state index contributed by atoms with van der Waals surface area (Å²) in [6.07, 6.45) is 1.64. The van der Waals surface area contributed by atoms with E-state index in [0.717, 1.165) is 0 Å². The number of anilines is 1. The van der Waals surface area contributed by atoms with Crippen molar-refractivity contribution in [3.05, 3.63) is 36.5 Å². The van der Waals surface area contributed by atoms with E-state index in [-0.39, 0.29) is 0 Å². The van der Waals surface area contributed by atoms with E-state index in [4.69, 9.17) is 18.8 Å². The number of benzene rings is 1. The van der Waals surface area contributed by atoms with Gasteiger partial charge in [-0.3, -0.25) is 4.72 Å². The molecule has 0 saturated carbocycles. The van der Waals surface area contributed by atoms with Gasteiger partial charge in [-0.1, -0.05) is 0 Å². The molecule has 9 heteroatoms. The predicted octanol–water partition coefficient (Wildman–Crippen LogP) is 2.53. The van der Waals surface area contributed by atoms with Gasteiger partial charge in [0, 0.05) is 11.7 Å². The van der Waals surface area contributed by atoms with E-state index in [0.29, 0.717) is 27.7 Å². The molecule has 1 aliphatic rings. The number of ether oxygens (including phenoxy) is 2. The number of hydrogen-bond donors (Lipinski definition) is 1. The minimum atomic E-state index is -1.50. The lowest BCUT2D eigenvalue weighted by Crippen LogP contribution is -2.41. The van der Waals surface area contributed by atoms with Crippen LogP contribution in [-0.4, -0.2) is 41.7 Å². The smallest absolute Gasteiger partial charge is 0.496 e. The van der Waals surface area contributed by atoms with Crippen molar-refractivity contribution >= 4 is 29.3 Å². The molecule has 28 heavy (non-hydrogen) atoms. The highest BCUT2D eigenvalue weighted by Gasteiger charge is 2.52. The first-order chi connectivity index (χ1) is 13.2. The molecule has 1 N–H and O–H groups in total. The highest BCUT2D eigenvalue weighted by molar-refractivity contribution is 7.86. The van der Waals surface area contributed by atoms with Crippen molar-refractivity contribution in [2.45, 2.75) is 43.8 Å². The highest BCUT2D eigenvalue weighted by Crippen LogP contribution is 2.36. The molecule has 2 aromatic rings. The van der Waals surface area contributed by atoms with Crippen molar-refractivity contribution in [3.8, 4) is 11.6 Å². The van der Waals surface area contributed by atoms with Crippen LogP contribution in [0.3, 0.4) is 0 Å². The van der Waals surface area contributed by atoms with E-state index in [1.807, 2.05) is 27.7 Å². The van der Waals surface area contributed by atoms with Crippen LogP contribution in [0.15, 0.2) is 41.4 Å². The summed E-state index contributed by atoms with van der Waals surface area (Å²) in [6, 6.07) is 8.77. The Morgan fingerprint density at radius 1 is 1.04 bits per heavy atom. The fourth-order valence-electron chi connectivity index (χ4n) is 2.67. The van der Waals surface area contributed by atoms with Crippen LogP contribution in [0.1, 0.15) is 27.7 Å². The average molecular weight is 404 g/mol. The average Bonchev–Trinajstić information content (AvgIpc) is 2.89. The molecule has 1 aliphatic heterocycles. The van der Waals surface area contributed by atoms with Gasteiger partial charge >= 0.3 is 7.12 Å². The molecule has 0 spiro atoms. The van der Waals surface area contributed by atoms with Crippen LogP contribution in [0.5, 0.6) is 11.6 Å². The zero-order valence-electron chi connectivity index (χ0n) is 16.9. The number of nitrogens with one attached hydrogen (secondary N) is 1. The normalized spacial score (nSPS) is 18.6. The molecule has 150 valence electrons. The van der Waals surface area contributed by atoms with Crippen LogP contribution in [0.25, 0.3) is 0 Å². The van der Waals surface area contributed by atoms with Crippen LogP contribution in [-0.2, 0) is 20.3 Å². The molecule has 0 radical (unpaired) electrons. The van der Waals surface area contributed by atoms with E-state index in [9.17, 15) is 4.21 Å². The highest BCUT2D eigenvalue weighted by atomic mass is 32.2. The van der Waals surface area contributed by atoms with Gasteiger partial charge in [-0.05, 0) is 58.0 Å². The molecule has 2 heterocycles. The zero-order chi connectivity index (χ0) is 20.5. The maximum absolute atomic E-state index is 12.7. The van der Waals surface area contributed by atoms with E-state index >= 15 is 0 Å². The first kappa shape index (κ1) is 20.6. The maximum Gasteiger partial charge on any atom is 0.496 e. The van der Waals surface area contributed by atoms with Gasteiger partial charge in [0.15, 0.2) is 0 Å². The summed E-state index contributed by atoms with van der Waals surface area (Å²) in [5.74, 6) is 1.03. The van der Waals surface area contributed by atoms with Gasteiger partial charge in [0.25, 0.3) is 0 Å². The Morgan fingerprint density at radius 3 is 2.18 bits per heavy atom. The quantitative estimate of drug-likeness (QED) is 0.746. The molecular formula is C19H25BN2O5S. The third kappa shape index (κ3) is 4.01. The molecule has 1 aromatic heterocycles. The van der Waals surface area contributed by atoms with E-state index in [1.54, 1.807) is 43.6 Å². The monoisotopic (exact) mass is 404 g/mol. The third-order valence-corrected chi connectivity index (χ3v) is 6.17. The summed E-state index contributed by atoms with van der Waals surface area (Å²) >= 11 is 0. The standard InChI is InChI=1S/C19H25BN2O5S/c1-18(2)19(3,4)27-20(26-18)13-11-16(17(25-6)21-12-13)22-28(23)15-9-7-14(24-5)8-10-15/h7-12,22H,1-6H3. The molecule has 1 atom stereocenters. The fraction of sp³-hybridized carbons (Fsp3) is 0.421. The lowest BCUT2D eigenvalue weighted by molar-refractivity contribution is 0.00578. The summed E-state index contributed by atoms with van der Waals surface area (Å²) < 4.78 is 38.3. The van der Waals surface area contributed by atoms with Crippen LogP contribution in [0, 0.1) is 0 Å². The summed E-state index contributed by atoms with van der Waals surface area (Å²) in [4.78, 5) is 4.91. The third-order valence-electron chi connectivity index (χ3n) is 5.07. The molecule has 0 amide bonds. The van der Waals surface area contributed by atoms with E-state index in [1.165, 1.54) is 7.11 Å².